The van der Waals surface area contributed by atoms with Crippen LogP contribution in [0.15, 0.2) is 24.3 Å². The Morgan fingerprint density at radius 1 is 0.967 bits per heavy atom. The number of esters is 1. The summed E-state index contributed by atoms with van der Waals surface area (Å²) in [6.45, 7) is -2.23. The van der Waals surface area contributed by atoms with Gasteiger partial charge >= 0.3 is 5.97 Å². The van der Waals surface area contributed by atoms with Crippen LogP contribution >= 0.6 is 0 Å². The number of benzene rings is 2. The Morgan fingerprint density at radius 3 is 2.20 bits per heavy atom. The molecule has 0 spiro atoms. The Bertz CT molecular complexity index is 1080. The lowest BCUT2D eigenvalue weighted by Gasteiger charge is -2.37. The van der Waals surface area contributed by atoms with Crippen LogP contribution < -0.4 is 23.7 Å². The average Bonchev–Trinajstić information content (AvgIpc) is 3.29. The number of carbonyl (C=O) groups excluding carboxylic acids is 1. The second kappa shape index (κ2) is 6.98. The zero-order valence-electron chi connectivity index (χ0n) is 18.6. The molecule has 0 aromatic heterocycles. The maximum atomic E-state index is 12.8. The quantitative estimate of drug-likeness (QED) is 0.760. The highest BCUT2D eigenvalue weighted by atomic mass is 16.7. The lowest BCUT2D eigenvalue weighted by molar-refractivity contribution is -0.141. The molecule has 0 saturated carbocycles. The molecule has 1 unspecified atom stereocenters. The molecule has 0 bridgehead atoms. The number of aliphatic hydroxyl groups is 1. The Hall–Kier alpha value is -3.13. The number of carbonyl (C=O) groups is 1. The smallest absolute Gasteiger partial charge is 0.310 e. The number of aliphatic hydroxyl groups excluding tert-OH is 1. The summed E-state index contributed by atoms with van der Waals surface area (Å²) in [4.78, 5) is 12.8. The SMILES string of the molecule is [2H]C1([2H])Oc2cc3c(cc2O1)[C@H](O)[C@H]1COC(=O)[C@H]1C3c1cc(OC)c(OC)c(OC)c1. The van der Waals surface area contributed by atoms with Crippen molar-refractivity contribution >= 4 is 5.97 Å². The minimum absolute atomic E-state index is 0.0836. The number of fused-ring (bicyclic) bond motifs is 3. The molecule has 0 radical (unpaired) electrons. The molecule has 2 aromatic rings. The molecule has 1 saturated heterocycles. The summed E-state index contributed by atoms with van der Waals surface area (Å²) in [5.74, 6) is -0.408. The molecule has 4 atom stereocenters. The summed E-state index contributed by atoms with van der Waals surface area (Å²) in [5, 5.41) is 11.1. The minimum Gasteiger partial charge on any atom is -0.493 e. The Balaban J connectivity index is 1.73. The molecule has 2 aliphatic heterocycles. The summed E-state index contributed by atoms with van der Waals surface area (Å²) in [6.07, 6.45) is -0.986. The number of hydrogen-bond acceptors (Lipinski definition) is 8. The van der Waals surface area contributed by atoms with E-state index >= 15 is 0 Å². The molecule has 1 N–H and O–H groups in total. The molecule has 2 aromatic carbocycles. The van der Waals surface area contributed by atoms with Crippen LogP contribution in [0.1, 0.15) is 31.5 Å². The van der Waals surface area contributed by atoms with E-state index in [2.05, 4.69) is 0 Å². The molecule has 8 nitrogen and oxygen atoms in total. The molecular weight excluding hydrogens is 392 g/mol. The van der Waals surface area contributed by atoms with Crippen LogP contribution in [0.25, 0.3) is 0 Å². The van der Waals surface area contributed by atoms with Crippen LogP contribution in [0.4, 0.5) is 0 Å². The number of ether oxygens (including phenoxy) is 6. The van der Waals surface area contributed by atoms with Crippen LogP contribution in [-0.4, -0.2) is 45.8 Å². The molecule has 0 amide bonds. The molecule has 3 aliphatic rings. The molecule has 8 heteroatoms. The summed E-state index contributed by atoms with van der Waals surface area (Å²) in [6, 6.07) is 6.72. The van der Waals surface area contributed by atoms with Crippen molar-refractivity contribution in [2.45, 2.75) is 12.0 Å². The van der Waals surface area contributed by atoms with Crippen molar-refractivity contribution in [1.29, 1.82) is 0 Å². The summed E-state index contributed by atoms with van der Waals surface area (Å²) >= 11 is 0. The van der Waals surface area contributed by atoms with Crippen molar-refractivity contribution in [3.8, 4) is 28.7 Å². The third kappa shape index (κ3) is 2.60. The van der Waals surface area contributed by atoms with Gasteiger partial charge in [0.05, 0.1) is 40.0 Å². The van der Waals surface area contributed by atoms with E-state index in [4.69, 9.17) is 31.2 Å². The van der Waals surface area contributed by atoms with Crippen LogP contribution in [0.2, 0.25) is 0 Å². The van der Waals surface area contributed by atoms with E-state index in [0.29, 0.717) is 33.9 Å². The number of methoxy groups -OCH3 is 3. The number of cyclic esters (lactones) is 1. The third-order valence-corrected chi connectivity index (χ3v) is 6.07. The van der Waals surface area contributed by atoms with Gasteiger partial charge in [0, 0.05) is 11.8 Å². The van der Waals surface area contributed by atoms with Crippen LogP contribution in [0.5, 0.6) is 28.7 Å². The molecule has 30 heavy (non-hydrogen) atoms. The van der Waals surface area contributed by atoms with Crippen molar-refractivity contribution in [3.05, 3.63) is 41.0 Å². The van der Waals surface area contributed by atoms with Gasteiger partial charge in [0.25, 0.3) is 0 Å². The summed E-state index contributed by atoms with van der Waals surface area (Å²) in [7, 11) is 4.52. The van der Waals surface area contributed by atoms with Gasteiger partial charge in [-0.05, 0) is 41.0 Å². The van der Waals surface area contributed by atoms with Gasteiger partial charge in [0.1, 0.15) is 2.74 Å². The molecule has 1 fully saturated rings. The van der Waals surface area contributed by atoms with Gasteiger partial charge in [0.15, 0.2) is 23.0 Å². The molecule has 158 valence electrons. The predicted octanol–water partition coefficient (Wildman–Crippen LogP) is 2.41. The van der Waals surface area contributed by atoms with Gasteiger partial charge in [-0.3, -0.25) is 4.79 Å². The van der Waals surface area contributed by atoms with E-state index in [9.17, 15) is 9.90 Å². The van der Waals surface area contributed by atoms with Gasteiger partial charge in [-0.2, -0.15) is 0 Å². The number of rotatable bonds is 4. The lowest BCUT2D eigenvalue weighted by Crippen LogP contribution is -2.34. The van der Waals surface area contributed by atoms with Gasteiger partial charge in [-0.25, -0.2) is 0 Å². The molecule has 5 rings (SSSR count). The largest absolute Gasteiger partial charge is 0.493 e. The molecule has 1 aliphatic carbocycles. The van der Waals surface area contributed by atoms with E-state index in [0.717, 1.165) is 0 Å². The monoisotopic (exact) mass is 416 g/mol. The van der Waals surface area contributed by atoms with E-state index < -0.39 is 36.6 Å². The van der Waals surface area contributed by atoms with Crippen molar-refractivity contribution in [1.82, 2.24) is 0 Å². The van der Waals surface area contributed by atoms with Crippen molar-refractivity contribution in [2.24, 2.45) is 11.8 Å². The lowest BCUT2D eigenvalue weighted by atomic mass is 9.66. The highest BCUT2D eigenvalue weighted by Crippen LogP contribution is 2.55. The Kier molecular flexibility index (Phi) is 3.87. The fraction of sp³-hybridized carbons (Fsp3) is 0.409. The Morgan fingerprint density at radius 2 is 1.60 bits per heavy atom. The molecule has 2 heterocycles. The first-order chi connectivity index (χ1) is 15.3. The number of hydrogen-bond donors (Lipinski definition) is 1. The summed E-state index contributed by atoms with van der Waals surface area (Å²) in [5.41, 5.74) is 1.85. The standard InChI is InChI=1S/C22H22O8/c1-25-16-4-10(5-17(26-2)21(16)27-3)18-11-6-14-15(30-9-29-14)7-12(11)20(23)13-8-28-22(24)19(13)18/h4-7,13,18-20,23H,8-9H2,1-3H3/t13-,18?,19+,20-/m0/s1/i9D2. The zero-order chi connectivity index (χ0) is 22.8. The van der Waals surface area contributed by atoms with Gasteiger partial charge in [-0.15, -0.1) is 0 Å². The predicted molar refractivity (Wildman–Crippen MR) is 103 cm³/mol. The maximum Gasteiger partial charge on any atom is 0.310 e. The van der Waals surface area contributed by atoms with E-state index in [1.807, 2.05) is 0 Å². The first-order valence-electron chi connectivity index (χ1n) is 10.5. The topological polar surface area (TPSA) is 92.7 Å². The van der Waals surface area contributed by atoms with Gasteiger partial charge < -0.3 is 33.5 Å². The van der Waals surface area contributed by atoms with E-state index in [-0.39, 0.29) is 18.1 Å². The van der Waals surface area contributed by atoms with E-state index in [1.165, 1.54) is 21.3 Å². The van der Waals surface area contributed by atoms with Crippen LogP contribution in [0.3, 0.4) is 0 Å². The fourth-order valence-corrected chi connectivity index (χ4v) is 4.70. The van der Waals surface area contributed by atoms with Gasteiger partial charge in [0.2, 0.25) is 12.5 Å². The van der Waals surface area contributed by atoms with Crippen molar-refractivity contribution < 1.29 is 41.1 Å². The van der Waals surface area contributed by atoms with Crippen molar-refractivity contribution in [2.75, 3.05) is 34.7 Å². The second-order valence-corrected chi connectivity index (χ2v) is 7.42. The third-order valence-electron chi connectivity index (χ3n) is 6.07. The highest BCUT2D eigenvalue weighted by Gasteiger charge is 2.52. The van der Waals surface area contributed by atoms with Gasteiger partial charge in [-0.1, -0.05) is 0 Å². The first-order valence-corrected chi connectivity index (χ1v) is 9.48. The van der Waals surface area contributed by atoms with Crippen LogP contribution in [0, 0.1) is 11.8 Å². The zero-order valence-corrected chi connectivity index (χ0v) is 16.6. The van der Waals surface area contributed by atoms with E-state index in [1.54, 1.807) is 24.3 Å². The maximum absolute atomic E-state index is 12.8. The summed E-state index contributed by atoms with van der Waals surface area (Å²) < 4.78 is 47.8. The molecular formula is C22H22O8. The van der Waals surface area contributed by atoms with Crippen molar-refractivity contribution in [3.63, 3.8) is 0 Å². The normalized spacial score (nSPS) is 28.6. The van der Waals surface area contributed by atoms with Crippen LogP contribution in [-0.2, 0) is 9.53 Å². The fourth-order valence-electron chi connectivity index (χ4n) is 4.70. The average molecular weight is 416 g/mol. The second-order valence-electron chi connectivity index (χ2n) is 7.42. The Labute approximate surface area is 176 Å². The minimum atomic E-state index is -2.31. The highest BCUT2D eigenvalue weighted by molar-refractivity contribution is 5.79. The first kappa shape index (κ1) is 16.6.